The third-order valence-corrected chi connectivity index (χ3v) is 4.70. The van der Waals surface area contributed by atoms with Crippen LogP contribution in [0.1, 0.15) is 19.3 Å². The standard InChI is InChI=1S/C16H25N3O/c1-20-15-5-3-14(4-6-15)19-11-9-18(10-12-19)13-16(17)7-2-8-16/h3-6H,2,7-13,17H2,1H3. The zero-order valence-electron chi connectivity index (χ0n) is 12.3. The Morgan fingerprint density at radius 3 is 2.25 bits per heavy atom. The van der Waals surface area contributed by atoms with E-state index in [-0.39, 0.29) is 5.54 Å². The summed E-state index contributed by atoms with van der Waals surface area (Å²) in [5.41, 5.74) is 7.74. The van der Waals surface area contributed by atoms with Crippen molar-refractivity contribution in [1.82, 2.24) is 4.90 Å². The third-order valence-electron chi connectivity index (χ3n) is 4.70. The van der Waals surface area contributed by atoms with Gasteiger partial charge in [-0.2, -0.15) is 0 Å². The number of rotatable bonds is 4. The number of hydrogen-bond acceptors (Lipinski definition) is 4. The van der Waals surface area contributed by atoms with Gasteiger partial charge in [0.15, 0.2) is 0 Å². The first-order chi connectivity index (χ1) is 9.68. The summed E-state index contributed by atoms with van der Waals surface area (Å²) in [7, 11) is 1.71. The maximum absolute atomic E-state index is 6.34. The first-order valence-electron chi connectivity index (χ1n) is 7.59. The van der Waals surface area contributed by atoms with E-state index in [0.717, 1.165) is 38.5 Å². The quantitative estimate of drug-likeness (QED) is 0.908. The van der Waals surface area contributed by atoms with Crippen molar-refractivity contribution in [2.45, 2.75) is 24.8 Å². The van der Waals surface area contributed by atoms with Gasteiger partial charge in [-0.1, -0.05) is 0 Å². The minimum Gasteiger partial charge on any atom is -0.497 e. The van der Waals surface area contributed by atoms with Crippen molar-refractivity contribution in [1.29, 1.82) is 0 Å². The highest BCUT2D eigenvalue weighted by atomic mass is 16.5. The molecule has 110 valence electrons. The van der Waals surface area contributed by atoms with Crippen LogP contribution in [0.2, 0.25) is 0 Å². The van der Waals surface area contributed by atoms with Crippen LogP contribution >= 0.6 is 0 Å². The Morgan fingerprint density at radius 2 is 1.75 bits per heavy atom. The second kappa shape index (κ2) is 5.62. The molecule has 2 fully saturated rings. The van der Waals surface area contributed by atoms with Gasteiger partial charge >= 0.3 is 0 Å². The maximum Gasteiger partial charge on any atom is 0.119 e. The zero-order chi connectivity index (χ0) is 14.0. The van der Waals surface area contributed by atoms with Gasteiger partial charge in [-0.15, -0.1) is 0 Å². The molecule has 0 amide bonds. The summed E-state index contributed by atoms with van der Waals surface area (Å²) in [5.74, 6) is 0.919. The number of methoxy groups -OCH3 is 1. The second-order valence-electron chi connectivity index (χ2n) is 6.18. The highest BCUT2D eigenvalue weighted by Crippen LogP contribution is 2.30. The van der Waals surface area contributed by atoms with E-state index in [1.165, 1.54) is 24.9 Å². The Morgan fingerprint density at radius 1 is 1.10 bits per heavy atom. The van der Waals surface area contributed by atoms with E-state index >= 15 is 0 Å². The fraction of sp³-hybridized carbons (Fsp3) is 0.625. The Kier molecular flexibility index (Phi) is 3.85. The predicted octanol–water partition coefficient (Wildman–Crippen LogP) is 1.70. The van der Waals surface area contributed by atoms with Crippen LogP contribution in [0.4, 0.5) is 5.69 Å². The number of benzene rings is 1. The van der Waals surface area contributed by atoms with Gasteiger partial charge in [0.1, 0.15) is 5.75 Å². The Balaban J connectivity index is 1.52. The molecule has 1 aromatic carbocycles. The largest absolute Gasteiger partial charge is 0.497 e. The molecule has 0 atom stereocenters. The molecule has 0 radical (unpaired) electrons. The van der Waals surface area contributed by atoms with E-state index in [2.05, 4.69) is 21.9 Å². The van der Waals surface area contributed by atoms with Gasteiger partial charge in [0.05, 0.1) is 7.11 Å². The summed E-state index contributed by atoms with van der Waals surface area (Å²) >= 11 is 0. The smallest absolute Gasteiger partial charge is 0.119 e. The van der Waals surface area contributed by atoms with Crippen LogP contribution in [-0.4, -0.2) is 50.3 Å². The van der Waals surface area contributed by atoms with Gasteiger partial charge < -0.3 is 15.4 Å². The lowest BCUT2D eigenvalue weighted by atomic mass is 9.77. The monoisotopic (exact) mass is 275 g/mol. The van der Waals surface area contributed by atoms with Crippen LogP contribution < -0.4 is 15.4 Å². The number of hydrogen-bond donors (Lipinski definition) is 1. The molecule has 0 bridgehead atoms. The van der Waals surface area contributed by atoms with Gasteiger partial charge in [0, 0.05) is 44.0 Å². The SMILES string of the molecule is COc1ccc(N2CCN(CC3(N)CCC3)CC2)cc1. The van der Waals surface area contributed by atoms with Gasteiger partial charge in [0.25, 0.3) is 0 Å². The van der Waals surface area contributed by atoms with Crippen molar-refractivity contribution in [3.63, 3.8) is 0 Å². The number of nitrogens with two attached hydrogens (primary N) is 1. The molecule has 1 saturated heterocycles. The maximum atomic E-state index is 6.34. The molecule has 1 heterocycles. The highest BCUT2D eigenvalue weighted by molar-refractivity contribution is 5.49. The lowest BCUT2D eigenvalue weighted by Gasteiger charge is -2.45. The summed E-state index contributed by atoms with van der Waals surface area (Å²) in [6.45, 7) is 5.48. The van der Waals surface area contributed by atoms with Gasteiger partial charge in [0.2, 0.25) is 0 Å². The summed E-state index contributed by atoms with van der Waals surface area (Å²) in [4.78, 5) is 4.97. The van der Waals surface area contributed by atoms with Gasteiger partial charge in [-0.25, -0.2) is 0 Å². The average molecular weight is 275 g/mol. The molecular formula is C16H25N3O. The summed E-state index contributed by atoms with van der Waals surface area (Å²) in [6, 6.07) is 8.35. The molecule has 4 heteroatoms. The molecule has 2 N–H and O–H groups in total. The third kappa shape index (κ3) is 2.91. The first kappa shape index (κ1) is 13.7. The van der Waals surface area contributed by atoms with Crippen LogP contribution in [0.15, 0.2) is 24.3 Å². The topological polar surface area (TPSA) is 41.7 Å². The average Bonchev–Trinajstić information content (AvgIpc) is 2.47. The molecule has 0 spiro atoms. The van der Waals surface area contributed by atoms with Gasteiger partial charge in [-0.05, 0) is 43.5 Å². The zero-order valence-corrected chi connectivity index (χ0v) is 12.3. The summed E-state index contributed by atoms with van der Waals surface area (Å²) < 4.78 is 5.21. The summed E-state index contributed by atoms with van der Waals surface area (Å²) in [6.07, 6.45) is 3.71. The van der Waals surface area contributed by atoms with Crippen LogP contribution in [0, 0.1) is 0 Å². The number of anilines is 1. The van der Waals surface area contributed by atoms with Crippen molar-refractivity contribution in [2.24, 2.45) is 5.73 Å². The molecule has 2 aliphatic rings. The minimum absolute atomic E-state index is 0.113. The van der Waals surface area contributed by atoms with Crippen molar-refractivity contribution < 1.29 is 4.74 Å². The van der Waals surface area contributed by atoms with E-state index in [4.69, 9.17) is 10.5 Å². The van der Waals surface area contributed by atoms with Crippen molar-refractivity contribution >= 4 is 5.69 Å². The fourth-order valence-corrected chi connectivity index (χ4v) is 3.19. The van der Waals surface area contributed by atoms with Gasteiger partial charge in [-0.3, -0.25) is 4.90 Å². The van der Waals surface area contributed by atoms with Crippen LogP contribution in [0.25, 0.3) is 0 Å². The van der Waals surface area contributed by atoms with Crippen molar-refractivity contribution in [2.75, 3.05) is 44.7 Å². The van der Waals surface area contributed by atoms with E-state index in [1.54, 1.807) is 7.11 Å². The number of nitrogens with zero attached hydrogens (tertiary/aromatic N) is 2. The van der Waals surface area contributed by atoms with E-state index in [0.29, 0.717) is 0 Å². The van der Waals surface area contributed by atoms with Crippen LogP contribution in [0.3, 0.4) is 0 Å². The normalized spacial score (nSPS) is 22.4. The molecule has 1 aliphatic heterocycles. The molecule has 4 nitrogen and oxygen atoms in total. The molecule has 3 rings (SSSR count). The molecule has 0 unspecified atom stereocenters. The lowest BCUT2D eigenvalue weighted by molar-refractivity contribution is 0.139. The number of piperazine rings is 1. The number of ether oxygens (including phenoxy) is 1. The van der Waals surface area contributed by atoms with E-state index in [9.17, 15) is 0 Å². The fourth-order valence-electron chi connectivity index (χ4n) is 3.19. The Bertz CT molecular complexity index is 434. The molecular weight excluding hydrogens is 250 g/mol. The molecule has 20 heavy (non-hydrogen) atoms. The predicted molar refractivity (Wildman–Crippen MR) is 82.4 cm³/mol. The Hall–Kier alpha value is -1.26. The van der Waals surface area contributed by atoms with Crippen molar-refractivity contribution in [3.05, 3.63) is 24.3 Å². The first-order valence-corrected chi connectivity index (χ1v) is 7.59. The molecule has 1 saturated carbocycles. The summed E-state index contributed by atoms with van der Waals surface area (Å²) in [5, 5.41) is 0. The molecule has 0 aromatic heterocycles. The van der Waals surface area contributed by atoms with Crippen LogP contribution in [0.5, 0.6) is 5.75 Å². The Labute approximate surface area is 121 Å². The van der Waals surface area contributed by atoms with Crippen LogP contribution in [-0.2, 0) is 0 Å². The minimum atomic E-state index is 0.113. The molecule has 1 aliphatic carbocycles. The van der Waals surface area contributed by atoms with Crippen molar-refractivity contribution in [3.8, 4) is 5.75 Å². The highest BCUT2D eigenvalue weighted by Gasteiger charge is 2.34. The van der Waals surface area contributed by atoms with E-state index < -0.39 is 0 Å². The lowest BCUT2D eigenvalue weighted by Crippen LogP contribution is -2.58. The second-order valence-corrected chi connectivity index (χ2v) is 6.18. The van der Waals surface area contributed by atoms with E-state index in [1.807, 2.05) is 12.1 Å². The molecule has 1 aromatic rings.